The summed E-state index contributed by atoms with van der Waals surface area (Å²) in [5, 5.41) is 6.87. The highest BCUT2D eigenvalue weighted by atomic mass is 35.5. The van der Waals surface area contributed by atoms with Crippen LogP contribution in [0.15, 0.2) is 36.4 Å². The van der Waals surface area contributed by atoms with Crippen LogP contribution in [0.2, 0.25) is 5.15 Å². The Morgan fingerprint density at radius 1 is 1.19 bits per heavy atom. The van der Waals surface area contributed by atoms with Crippen molar-refractivity contribution in [1.82, 2.24) is 9.78 Å². The van der Waals surface area contributed by atoms with Gasteiger partial charge in [0.25, 0.3) is 0 Å². The molecule has 4 nitrogen and oxygen atoms in total. The molecule has 1 aromatic heterocycles. The highest BCUT2D eigenvalue weighted by molar-refractivity contribution is 6.30. The summed E-state index contributed by atoms with van der Waals surface area (Å²) in [6, 6.07) is 11.7. The van der Waals surface area contributed by atoms with Crippen molar-refractivity contribution >= 4 is 28.1 Å². The third-order valence-electron chi connectivity index (χ3n) is 3.56. The third-order valence-corrected chi connectivity index (χ3v) is 4.03. The number of anilines is 1. The number of ether oxygens (including phenoxy) is 1. The number of halogens is 1. The first kappa shape index (κ1) is 13.8. The van der Waals surface area contributed by atoms with Crippen LogP contribution in [0, 0.1) is 6.92 Å². The molecular formula is C16H16ClN3O. The van der Waals surface area contributed by atoms with Crippen LogP contribution in [0.25, 0.3) is 10.8 Å². The smallest absolute Gasteiger partial charge is 0.133 e. The molecular weight excluding hydrogens is 286 g/mol. The Labute approximate surface area is 128 Å². The summed E-state index contributed by atoms with van der Waals surface area (Å²) in [6.07, 6.45) is 0. The Morgan fingerprint density at radius 3 is 2.57 bits per heavy atom. The molecule has 3 rings (SSSR count). The zero-order chi connectivity index (χ0) is 15.0. The van der Waals surface area contributed by atoms with Crippen molar-refractivity contribution in [2.24, 2.45) is 7.05 Å². The van der Waals surface area contributed by atoms with Crippen molar-refractivity contribution in [3.8, 4) is 5.75 Å². The van der Waals surface area contributed by atoms with E-state index in [2.05, 4.69) is 5.10 Å². The largest absolute Gasteiger partial charge is 0.488 e. The molecule has 0 fully saturated rings. The minimum Gasteiger partial charge on any atom is -0.488 e. The topological polar surface area (TPSA) is 53.1 Å². The molecule has 21 heavy (non-hydrogen) atoms. The molecule has 0 aliphatic carbocycles. The molecule has 0 saturated heterocycles. The van der Waals surface area contributed by atoms with E-state index in [0.29, 0.717) is 11.8 Å². The predicted octanol–water partition coefficient (Wildman–Crippen LogP) is 3.70. The molecule has 0 spiro atoms. The van der Waals surface area contributed by atoms with Gasteiger partial charge in [-0.05, 0) is 19.1 Å². The fraction of sp³-hybridized carbons (Fsp3) is 0.188. The van der Waals surface area contributed by atoms with Crippen molar-refractivity contribution < 1.29 is 4.74 Å². The molecule has 2 aromatic carbocycles. The third kappa shape index (κ3) is 2.43. The summed E-state index contributed by atoms with van der Waals surface area (Å²) in [7, 11) is 1.82. The Balaban J connectivity index is 1.94. The summed E-state index contributed by atoms with van der Waals surface area (Å²) < 4.78 is 7.59. The molecule has 0 bridgehead atoms. The second kappa shape index (κ2) is 5.30. The predicted molar refractivity (Wildman–Crippen MR) is 85.6 cm³/mol. The minimum atomic E-state index is 0.381. The van der Waals surface area contributed by atoms with Gasteiger partial charge >= 0.3 is 0 Å². The average molecular weight is 302 g/mol. The number of rotatable bonds is 3. The molecule has 108 valence electrons. The van der Waals surface area contributed by atoms with Crippen LogP contribution in [0.5, 0.6) is 5.75 Å². The van der Waals surface area contributed by atoms with E-state index in [1.807, 2.05) is 50.4 Å². The van der Waals surface area contributed by atoms with E-state index in [4.69, 9.17) is 22.1 Å². The van der Waals surface area contributed by atoms with Gasteiger partial charge in [0, 0.05) is 29.1 Å². The van der Waals surface area contributed by atoms with E-state index in [-0.39, 0.29) is 0 Å². The van der Waals surface area contributed by atoms with Gasteiger partial charge in [0.1, 0.15) is 17.5 Å². The molecule has 0 unspecified atom stereocenters. The standard InChI is InChI=1S/C16H16ClN3O/c1-10-13(16(17)20(2)19-10)9-21-15-8-7-14(18)11-5-3-4-6-12(11)15/h3-8H,9,18H2,1-2H3. The average Bonchev–Trinajstić information content (AvgIpc) is 2.72. The van der Waals surface area contributed by atoms with Crippen molar-refractivity contribution in [3.05, 3.63) is 52.8 Å². The lowest BCUT2D eigenvalue weighted by Gasteiger charge is -2.11. The number of nitrogen functional groups attached to an aromatic ring is 1. The van der Waals surface area contributed by atoms with E-state index in [1.165, 1.54) is 0 Å². The monoisotopic (exact) mass is 301 g/mol. The maximum Gasteiger partial charge on any atom is 0.133 e. The van der Waals surface area contributed by atoms with Crippen LogP contribution >= 0.6 is 11.6 Å². The number of benzene rings is 2. The van der Waals surface area contributed by atoms with Gasteiger partial charge in [0.2, 0.25) is 0 Å². The highest BCUT2D eigenvalue weighted by Crippen LogP contribution is 2.31. The summed E-state index contributed by atoms with van der Waals surface area (Å²) >= 11 is 6.22. The summed E-state index contributed by atoms with van der Waals surface area (Å²) in [4.78, 5) is 0. The van der Waals surface area contributed by atoms with Gasteiger partial charge in [-0.15, -0.1) is 0 Å². The number of hydrogen-bond donors (Lipinski definition) is 1. The Kier molecular flexibility index (Phi) is 3.47. The first-order valence-corrected chi connectivity index (χ1v) is 7.03. The van der Waals surface area contributed by atoms with Gasteiger partial charge in [-0.3, -0.25) is 4.68 Å². The first-order valence-electron chi connectivity index (χ1n) is 6.66. The number of fused-ring (bicyclic) bond motifs is 1. The van der Waals surface area contributed by atoms with Gasteiger partial charge in [-0.1, -0.05) is 35.9 Å². The molecule has 0 aliphatic rings. The Morgan fingerprint density at radius 2 is 1.90 bits per heavy atom. The molecule has 2 N–H and O–H groups in total. The Bertz CT molecular complexity index is 811. The van der Waals surface area contributed by atoms with E-state index in [9.17, 15) is 0 Å². The normalized spacial score (nSPS) is 11.0. The molecule has 1 heterocycles. The van der Waals surface area contributed by atoms with Gasteiger partial charge in [-0.25, -0.2) is 0 Å². The van der Waals surface area contributed by atoms with Crippen molar-refractivity contribution in [3.63, 3.8) is 0 Å². The summed E-state index contributed by atoms with van der Waals surface area (Å²) in [6.45, 7) is 2.30. The summed E-state index contributed by atoms with van der Waals surface area (Å²) in [5.74, 6) is 0.791. The van der Waals surface area contributed by atoms with Crippen molar-refractivity contribution in [2.75, 3.05) is 5.73 Å². The SMILES string of the molecule is Cc1nn(C)c(Cl)c1COc1ccc(N)c2ccccc12. The molecule has 5 heteroatoms. The molecule has 0 saturated carbocycles. The number of aromatic nitrogens is 2. The molecule has 0 radical (unpaired) electrons. The van der Waals surface area contributed by atoms with Crippen LogP contribution in [-0.2, 0) is 13.7 Å². The van der Waals surface area contributed by atoms with Gasteiger partial charge in [0.15, 0.2) is 0 Å². The van der Waals surface area contributed by atoms with Crippen LogP contribution in [0.4, 0.5) is 5.69 Å². The van der Waals surface area contributed by atoms with Crippen LogP contribution in [-0.4, -0.2) is 9.78 Å². The summed E-state index contributed by atoms with van der Waals surface area (Å²) in [5.41, 5.74) is 8.52. The zero-order valence-electron chi connectivity index (χ0n) is 11.9. The van der Waals surface area contributed by atoms with Crippen LogP contribution in [0.1, 0.15) is 11.3 Å². The minimum absolute atomic E-state index is 0.381. The highest BCUT2D eigenvalue weighted by Gasteiger charge is 2.12. The molecule has 0 amide bonds. The quantitative estimate of drug-likeness (QED) is 0.751. The van der Waals surface area contributed by atoms with Gasteiger partial charge in [-0.2, -0.15) is 5.10 Å². The second-order valence-electron chi connectivity index (χ2n) is 4.97. The van der Waals surface area contributed by atoms with Gasteiger partial charge < -0.3 is 10.5 Å². The van der Waals surface area contributed by atoms with E-state index in [1.54, 1.807) is 4.68 Å². The maximum absolute atomic E-state index is 6.22. The van der Waals surface area contributed by atoms with E-state index in [0.717, 1.165) is 33.5 Å². The van der Waals surface area contributed by atoms with Crippen molar-refractivity contribution in [1.29, 1.82) is 0 Å². The fourth-order valence-corrected chi connectivity index (χ4v) is 2.64. The lowest BCUT2D eigenvalue weighted by molar-refractivity contribution is 0.309. The number of aryl methyl sites for hydroxylation is 2. The lowest BCUT2D eigenvalue weighted by Crippen LogP contribution is -1.98. The van der Waals surface area contributed by atoms with Gasteiger partial charge in [0.05, 0.1) is 5.69 Å². The number of nitrogens with two attached hydrogens (primary N) is 1. The molecule has 0 atom stereocenters. The van der Waals surface area contributed by atoms with Crippen molar-refractivity contribution in [2.45, 2.75) is 13.5 Å². The Hall–Kier alpha value is -2.20. The van der Waals surface area contributed by atoms with E-state index < -0.39 is 0 Å². The lowest BCUT2D eigenvalue weighted by atomic mass is 10.1. The van der Waals surface area contributed by atoms with Crippen LogP contribution in [0.3, 0.4) is 0 Å². The number of hydrogen-bond acceptors (Lipinski definition) is 3. The maximum atomic E-state index is 6.22. The molecule has 3 aromatic rings. The molecule has 0 aliphatic heterocycles. The number of nitrogens with zero attached hydrogens (tertiary/aromatic N) is 2. The zero-order valence-corrected chi connectivity index (χ0v) is 12.7. The van der Waals surface area contributed by atoms with E-state index >= 15 is 0 Å². The van der Waals surface area contributed by atoms with Crippen LogP contribution < -0.4 is 10.5 Å². The first-order chi connectivity index (χ1) is 10.1. The second-order valence-corrected chi connectivity index (χ2v) is 5.32. The fourth-order valence-electron chi connectivity index (χ4n) is 2.41.